The fourth-order valence-electron chi connectivity index (χ4n) is 2.60. The summed E-state index contributed by atoms with van der Waals surface area (Å²) in [6.07, 6.45) is 0.982. The number of anilines is 1. The fraction of sp³-hybridized carbons (Fsp3) is 0.500. The Morgan fingerprint density at radius 2 is 2.20 bits per heavy atom. The Bertz CT molecular complexity index is 521. The Morgan fingerprint density at radius 3 is 2.80 bits per heavy atom. The molecule has 110 valence electrons. The van der Waals surface area contributed by atoms with Crippen molar-refractivity contribution >= 4 is 11.6 Å². The smallest absolute Gasteiger partial charge is 0.259 e. The van der Waals surface area contributed by atoms with Gasteiger partial charge in [0, 0.05) is 20.1 Å². The zero-order chi connectivity index (χ0) is 14.9. The molecule has 1 unspecified atom stereocenters. The van der Waals surface area contributed by atoms with Gasteiger partial charge in [-0.1, -0.05) is 0 Å². The molecule has 6 heteroatoms. The van der Waals surface area contributed by atoms with Crippen molar-refractivity contribution in [1.82, 2.24) is 9.80 Å². The number of rotatable bonds is 3. The predicted molar refractivity (Wildman–Crippen MR) is 73.3 cm³/mol. The van der Waals surface area contributed by atoms with Gasteiger partial charge in [-0.25, -0.2) is 8.78 Å². The minimum absolute atomic E-state index is 0.219. The van der Waals surface area contributed by atoms with Crippen LogP contribution in [-0.2, 0) is 0 Å². The number of nitrogens with zero attached hydrogens (tertiary/aromatic N) is 2. The highest BCUT2D eigenvalue weighted by molar-refractivity contribution is 5.95. The predicted octanol–water partition coefficient (Wildman–Crippen LogP) is 1.57. The normalized spacial score (nSPS) is 19.3. The van der Waals surface area contributed by atoms with E-state index in [-0.39, 0.29) is 5.69 Å². The molecule has 4 nitrogen and oxygen atoms in total. The van der Waals surface area contributed by atoms with Gasteiger partial charge < -0.3 is 15.5 Å². The lowest BCUT2D eigenvalue weighted by molar-refractivity contribution is 0.0764. The second-order valence-corrected chi connectivity index (χ2v) is 5.43. The van der Waals surface area contributed by atoms with Crippen molar-refractivity contribution in [3.63, 3.8) is 0 Å². The van der Waals surface area contributed by atoms with Crippen LogP contribution in [-0.4, -0.2) is 49.4 Å². The second-order valence-electron chi connectivity index (χ2n) is 5.43. The highest BCUT2D eigenvalue weighted by Crippen LogP contribution is 2.21. The molecule has 1 saturated heterocycles. The van der Waals surface area contributed by atoms with Gasteiger partial charge in [-0.3, -0.25) is 4.79 Å². The molecular formula is C14H19F2N3O. The van der Waals surface area contributed by atoms with Crippen LogP contribution in [0.1, 0.15) is 16.8 Å². The summed E-state index contributed by atoms with van der Waals surface area (Å²) in [5.41, 5.74) is 4.60. The van der Waals surface area contributed by atoms with Gasteiger partial charge >= 0.3 is 0 Å². The van der Waals surface area contributed by atoms with Gasteiger partial charge in [-0.15, -0.1) is 0 Å². The number of carbonyl (C=O) groups is 1. The average molecular weight is 283 g/mol. The monoisotopic (exact) mass is 283 g/mol. The molecule has 20 heavy (non-hydrogen) atoms. The third kappa shape index (κ3) is 2.90. The Morgan fingerprint density at radius 1 is 1.50 bits per heavy atom. The number of hydrogen-bond donors (Lipinski definition) is 1. The van der Waals surface area contributed by atoms with E-state index in [0.29, 0.717) is 12.5 Å². The summed E-state index contributed by atoms with van der Waals surface area (Å²) in [7, 11) is 3.57. The largest absolute Gasteiger partial charge is 0.396 e. The molecule has 0 radical (unpaired) electrons. The van der Waals surface area contributed by atoms with Crippen LogP contribution in [0.25, 0.3) is 0 Å². The van der Waals surface area contributed by atoms with Gasteiger partial charge in [-0.2, -0.15) is 0 Å². The number of hydrogen-bond acceptors (Lipinski definition) is 3. The maximum absolute atomic E-state index is 13.8. The molecule has 2 rings (SSSR count). The van der Waals surface area contributed by atoms with E-state index in [1.54, 1.807) is 7.05 Å². The molecule has 1 aromatic rings. The van der Waals surface area contributed by atoms with Crippen LogP contribution >= 0.6 is 0 Å². The summed E-state index contributed by atoms with van der Waals surface area (Å²) in [5.74, 6) is -2.19. The highest BCUT2D eigenvalue weighted by atomic mass is 19.1. The van der Waals surface area contributed by atoms with Crippen LogP contribution in [0.3, 0.4) is 0 Å². The van der Waals surface area contributed by atoms with Crippen molar-refractivity contribution in [3.05, 3.63) is 29.3 Å². The Balaban J connectivity index is 2.13. The number of benzene rings is 1. The number of nitrogens with two attached hydrogens (primary N) is 1. The fourth-order valence-corrected chi connectivity index (χ4v) is 2.60. The molecule has 1 amide bonds. The molecular weight excluding hydrogens is 264 g/mol. The summed E-state index contributed by atoms with van der Waals surface area (Å²) in [6.45, 7) is 2.35. The molecule has 1 atom stereocenters. The van der Waals surface area contributed by atoms with Crippen molar-refractivity contribution in [2.75, 3.05) is 39.5 Å². The average Bonchev–Trinajstić information content (AvgIpc) is 2.79. The van der Waals surface area contributed by atoms with Crippen LogP contribution in [0, 0.1) is 17.6 Å². The third-order valence-corrected chi connectivity index (χ3v) is 3.70. The first-order chi connectivity index (χ1) is 9.40. The molecule has 0 spiro atoms. The second kappa shape index (κ2) is 5.75. The van der Waals surface area contributed by atoms with Gasteiger partial charge in [0.15, 0.2) is 5.82 Å². The van der Waals surface area contributed by atoms with Crippen LogP contribution < -0.4 is 5.73 Å². The van der Waals surface area contributed by atoms with Crippen LogP contribution in [0.5, 0.6) is 0 Å². The molecule has 0 saturated carbocycles. The zero-order valence-corrected chi connectivity index (χ0v) is 11.7. The molecule has 1 fully saturated rings. The maximum Gasteiger partial charge on any atom is 0.259 e. The van der Waals surface area contributed by atoms with E-state index >= 15 is 0 Å². The number of amides is 1. The topological polar surface area (TPSA) is 49.6 Å². The Hall–Kier alpha value is -1.69. The van der Waals surface area contributed by atoms with Crippen molar-refractivity contribution < 1.29 is 13.6 Å². The summed E-state index contributed by atoms with van der Waals surface area (Å²) >= 11 is 0. The number of nitrogen functional groups attached to an aromatic ring is 1. The van der Waals surface area contributed by atoms with Gasteiger partial charge in [0.25, 0.3) is 5.91 Å². The minimum Gasteiger partial charge on any atom is -0.396 e. The number of carbonyl (C=O) groups excluding carboxylic acids is 1. The van der Waals surface area contributed by atoms with E-state index < -0.39 is 23.1 Å². The molecule has 0 bridgehead atoms. The first-order valence-corrected chi connectivity index (χ1v) is 6.57. The van der Waals surface area contributed by atoms with Gasteiger partial charge in [0.1, 0.15) is 11.4 Å². The van der Waals surface area contributed by atoms with Crippen molar-refractivity contribution in [2.45, 2.75) is 6.42 Å². The van der Waals surface area contributed by atoms with Crippen LogP contribution in [0.2, 0.25) is 0 Å². The molecule has 1 heterocycles. The number of halogens is 2. The Labute approximate surface area is 117 Å². The summed E-state index contributed by atoms with van der Waals surface area (Å²) in [6, 6.07) is 2.14. The molecule has 0 aliphatic carbocycles. The van der Waals surface area contributed by atoms with E-state index in [4.69, 9.17) is 5.73 Å². The molecule has 0 aromatic heterocycles. The first kappa shape index (κ1) is 14.7. The van der Waals surface area contributed by atoms with Crippen molar-refractivity contribution in [1.29, 1.82) is 0 Å². The lowest BCUT2D eigenvalue weighted by atomic mass is 10.1. The SMILES string of the molecule is CN1CCC(CN(C)C(=O)c2c(F)ccc(N)c2F)C1. The van der Waals surface area contributed by atoms with Crippen LogP contribution in [0.4, 0.5) is 14.5 Å². The van der Waals surface area contributed by atoms with E-state index in [2.05, 4.69) is 4.90 Å². The summed E-state index contributed by atoms with van der Waals surface area (Å²) in [4.78, 5) is 15.7. The van der Waals surface area contributed by atoms with Crippen molar-refractivity contribution in [2.24, 2.45) is 5.92 Å². The highest BCUT2D eigenvalue weighted by Gasteiger charge is 2.26. The van der Waals surface area contributed by atoms with Gasteiger partial charge in [0.05, 0.1) is 5.69 Å². The summed E-state index contributed by atoms with van der Waals surface area (Å²) in [5, 5.41) is 0. The molecule has 1 aliphatic rings. The molecule has 1 aromatic carbocycles. The lowest BCUT2D eigenvalue weighted by Crippen LogP contribution is -2.34. The van der Waals surface area contributed by atoms with Gasteiger partial charge in [-0.05, 0) is 38.1 Å². The first-order valence-electron chi connectivity index (χ1n) is 6.57. The minimum atomic E-state index is -0.981. The van der Waals surface area contributed by atoms with Crippen LogP contribution in [0.15, 0.2) is 12.1 Å². The number of likely N-dealkylation sites (tertiary alicyclic amines) is 1. The van der Waals surface area contributed by atoms with E-state index in [1.165, 1.54) is 4.90 Å². The van der Waals surface area contributed by atoms with Crippen molar-refractivity contribution in [3.8, 4) is 0 Å². The molecule has 1 aliphatic heterocycles. The van der Waals surface area contributed by atoms with Gasteiger partial charge in [0.2, 0.25) is 0 Å². The van der Waals surface area contributed by atoms with E-state index in [1.807, 2.05) is 7.05 Å². The standard InChI is InChI=1S/C14H19F2N3O/c1-18-6-5-9(7-18)8-19(2)14(20)12-10(15)3-4-11(17)13(12)16/h3-4,9H,5-8,17H2,1-2H3. The quantitative estimate of drug-likeness (QED) is 0.857. The zero-order valence-electron chi connectivity index (χ0n) is 11.7. The van der Waals surface area contributed by atoms with E-state index in [0.717, 1.165) is 31.6 Å². The third-order valence-electron chi connectivity index (χ3n) is 3.70. The maximum atomic E-state index is 13.8. The molecule has 2 N–H and O–H groups in total. The lowest BCUT2D eigenvalue weighted by Gasteiger charge is -2.22. The Kier molecular flexibility index (Phi) is 4.23. The van der Waals surface area contributed by atoms with E-state index in [9.17, 15) is 13.6 Å². The summed E-state index contributed by atoms with van der Waals surface area (Å²) < 4.78 is 27.5.